The minimum absolute atomic E-state index is 0.374. The number of hydrogen-bond donors (Lipinski definition) is 1. The van der Waals surface area contributed by atoms with E-state index in [1.165, 1.54) is 49.6 Å². The first-order valence-corrected chi connectivity index (χ1v) is 8.56. The SMILES string of the molecule is CCCNC(C)c1csc(N2CCC(CCC)C2)n1. The van der Waals surface area contributed by atoms with E-state index in [1.807, 2.05) is 0 Å². The van der Waals surface area contributed by atoms with Crippen LogP contribution in [0, 0.1) is 5.92 Å². The maximum absolute atomic E-state index is 4.82. The Morgan fingerprint density at radius 3 is 3.05 bits per heavy atom. The van der Waals surface area contributed by atoms with Crippen LogP contribution >= 0.6 is 11.3 Å². The van der Waals surface area contributed by atoms with E-state index in [2.05, 4.69) is 36.4 Å². The van der Waals surface area contributed by atoms with Crippen LogP contribution in [0.3, 0.4) is 0 Å². The van der Waals surface area contributed by atoms with E-state index in [0.29, 0.717) is 6.04 Å². The van der Waals surface area contributed by atoms with Gasteiger partial charge in [-0.3, -0.25) is 0 Å². The molecule has 19 heavy (non-hydrogen) atoms. The van der Waals surface area contributed by atoms with Gasteiger partial charge in [0.1, 0.15) is 0 Å². The number of aromatic nitrogens is 1. The normalized spacial score (nSPS) is 21.0. The van der Waals surface area contributed by atoms with Gasteiger partial charge in [0.05, 0.1) is 5.69 Å². The van der Waals surface area contributed by atoms with Crippen molar-refractivity contribution in [2.75, 3.05) is 24.5 Å². The minimum atomic E-state index is 0.374. The highest BCUT2D eigenvalue weighted by atomic mass is 32.1. The summed E-state index contributed by atoms with van der Waals surface area (Å²) in [5, 5.41) is 6.95. The van der Waals surface area contributed by atoms with E-state index in [0.717, 1.165) is 12.5 Å². The Morgan fingerprint density at radius 2 is 2.32 bits per heavy atom. The number of nitrogens with zero attached hydrogens (tertiary/aromatic N) is 2. The zero-order valence-electron chi connectivity index (χ0n) is 12.5. The number of rotatable bonds is 7. The van der Waals surface area contributed by atoms with Crippen molar-refractivity contribution in [1.29, 1.82) is 0 Å². The van der Waals surface area contributed by atoms with Gasteiger partial charge >= 0.3 is 0 Å². The molecule has 2 heterocycles. The van der Waals surface area contributed by atoms with Crippen LogP contribution in [0.5, 0.6) is 0 Å². The maximum Gasteiger partial charge on any atom is 0.185 e. The lowest BCUT2D eigenvalue weighted by Crippen LogP contribution is -2.21. The summed E-state index contributed by atoms with van der Waals surface area (Å²) >= 11 is 1.80. The third-order valence-electron chi connectivity index (χ3n) is 3.91. The summed E-state index contributed by atoms with van der Waals surface area (Å²) in [5.74, 6) is 0.882. The Bertz CT molecular complexity index is 377. The molecule has 0 bridgehead atoms. The maximum atomic E-state index is 4.82. The molecule has 0 amide bonds. The van der Waals surface area contributed by atoms with Gasteiger partial charge in [-0.1, -0.05) is 20.3 Å². The summed E-state index contributed by atoms with van der Waals surface area (Å²) in [5.41, 5.74) is 1.20. The molecule has 1 aliphatic heterocycles. The molecule has 0 aromatic carbocycles. The average Bonchev–Trinajstić information content (AvgIpc) is 3.04. The fourth-order valence-corrected chi connectivity index (χ4v) is 3.69. The Hall–Kier alpha value is -0.610. The summed E-state index contributed by atoms with van der Waals surface area (Å²) in [6.07, 6.45) is 5.18. The van der Waals surface area contributed by atoms with Crippen LogP contribution in [0.15, 0.2) is 5.38 Å². The highest BCUT2D eigenvalue weighted by molar-refractivity contribution is 7.13. The Morgan fingerprint density at radius 1 is 1.47 bits per heavy atom. The van der Waals surface area contributed by atoms with Crippen molar-refractivity contribution in [2.45, 2.75) is 52.5 Å². The predicted molar refractivity (Wildman–Crippen MR) is 84.1 cm³/mol. The molecule has 3 nitrogen and oxygen atoms in total. The van der Waals surface area contributed by atoms with Gasteiger partial charge in [-0.2, -0.15) is 0 Å². The van der Waals surface area contributed by atoms with Crippen LogP contribution in [0.4, 0.5) is 5.13 Å². The molecule has 2 atom stereocenters. The summed E-state index contributed by atoms with van der Waals surface area (Å²) in [7, 11) is 0. The summed E-state index contributed by atoms with van der Waals surface area (Å²) in [4.78, 5) is 7.29. The third-order valence-corrected chi connectivity index (χ3v) is 4.83. The molecule has 0 spiro atoms. The van der Waals surface area contributed by atoms with Gasteiger partial charge in [-0.25, -0.2) is 4.98 Å². The number of thiazole rings is 1. The van der Waals surface area contributed by atoms with Crippen molar-refractivity contribution in [3.05, 3.63) is 11.1 Å². The van der Waals surface area contributed by atoms with Gasteiger partial charge < -0.3 is 10.2 Å². The smallest absolute Gasteiger partial charge is 0.185 e. The molecule has 1 saturated heterocycles. The average molecular weight is 281 g/mol. The monoisotopic (exact) mass is 281 g/mol. The highest BCUT2D eigenvalue weighted by Crippen LogP contribution is 2.30. The molecular weight excluding hydrogens is 254 g/mol. The molecule has 1 aromatic heterocycles. The van der Waals surface area contributed by atoms with Crippen molar-refractivity contribution in [3.8, 4) is 0 Å². The van der Waals surface area contributed by atoms with Crippen LogP contribution in [0.25, 0.3) is 0 Å². The minimum Gasteiger partial charge on any atom is -0.348 e. The summed E-state index contributed by atoms with van der Waals surface area (Å²) in [6, 6.07) is 0.374. The Kier molecular flexibility index (Phi) is 5.64. The first-order chi connectivity index (χ1) is 9.24. The number of hydrogen-bond acceptors (Lipinski definition) is 4. The van der Waals surface area contributed by atoms with E-state index in [1.54, 1.807) is 11.3 Å². The van der Waals surface area contributed by atoms with Crippen molar-refractivity contribution >= 4 is 16.5 Å². The summed E-state index contributed by atoms with van der Waals surface area (Å²) < 4.78 is 0. The third kappa shape index (κ3) is 3.93. The Labute approximate surface area is 121 Å². The van der Waals surface area contributed by atoms with E-state index in [4.69, 9.17) is 4.98 Å². The lowest BCUT2D eigenvalue weighted by Gasteiger charge is -2.15. The van der Waals surface area contributed by atoms with E-state index < -0.39 is 0 Å². The molecule has 0 aliphatic carbocycles. The van der Waals surface area contributed by atoms with Gasteiger partial charge in [0.2, 0.25) is 0 Å². The van der Waals surface area contributed by atoms with Crippen LogP contribution in [0.2, 0.25) is 0 Å². The number of anilines is 1. The largest absolute Gasteiger partial charge is 0.348 e. The quantitative estimate of drug-likeness (QED) is 0.823. The van der Waals surface area contributed by atoms with Gasteiger partial charge in [0.15, 0.2) is 5.13 Å². The summed E-state index contributed by atoms with van der Waals surface area (Å²) in [6.45, 7) is 10.1. The molecule has 4 heteroatoms. The first kappa shape index (κ1) is 14.8. The standard InChI is InChI=1S/C15H27N3S/c1-4-6-13-7-9-18(10-13)15-17-14(11-19-15)12(3)16-8-5-2/h11-13,16H,4-10H2,1-3H3. The van der Waals surface area contributed by atoms with Crippen molar-refractivity contribution in [3.63, 3.8) is 0 Å². The molecule has 1 N–H and O–H groups in total. The second-order valence-corrected chi connectivity index (χ2v) is 6.46. The first-order valence-electron chi connectivity index (χ1n) is 7.68. The zero-order chi connectivity index (χ0) is 13.7. The topological polar surface area (TPSA) is 28.2 Å². The molecular formula is C15H27N3S. The van der Waals surface area contributed by atoms with E-state index >= 15 is 0 Å². The zero-order valence-corrected chi connectivity index (χ0v) is 13.3. The van der Waals surface area contributed by atoms with Gasteiger partial charge in [-0.15, -0.1) is 11.3 Å². The molecule has 0 saturated carbocycles. The molecule has 2 unspecified atom stereocenters. The van der Waals surface area contributed by atoms with E-state index in [9.17, 15) is 0 Å². The van der Waals surface area contributed by atoms with Crippen molar-refractivity contribution in [1.82, 2.24) is 10.3 Å². The van der Waals surface area contributed by atoms with E-state index in [-0.39, 0.29) is 0 Å². The highest BCUT2D eigenvalue weighted by Gasteiger charge is 2.24. The Balaban J connectivity index is 1.90. The molecule has 0 radical (unpaired) electrons. The molecule has 1 fully saturated rings. The van der Waals surface area contributed by atoms with Crippen molar-refractivity contribution in [2.24, 2.45) is 5.92 Å². The van der Waals surface area contributed by atoms with Crippen LogP contribution in [-0.2, 0) is 0 Å². The molecule has 108 valence electrons. The second kappa shape index (κ2) is 7.25. The lowest BCUT2D eigenvalue weighted by molar-refractivity contribution is 0.529. The molecule has 1 aromatic rings. The fraction of sp³-hybridized carbons (Fsp3) is 0.800. The van der Waals surface area contributed by atoms with Crippen molar-refractivity contribution < 1.29 is 0 Å². The van der Waals surface area contributed by atoms with Crippen LogP contribution < -0.4 is 10.2 Å². The van der Waals surface area contributed by atoms with Crippen LogP contribution in [-0.4, -0.2) is 24.6 Å². The molecule has 1 aliphatic rings. The number of nitrogens with one attached hydrogen (secondary N) is 1. The predicted octanol–water partition coefficient (Wildman–Crippen LogP) is 3.83. The lowest BCUT2D eigenvalue weighted by atomic mass is 10.0. The van der Waals surface area contributed by atoms with Gasteiger partial charge in [0, 0.05) is 24.5 Å². The van der Waals surface area contributed by atoms with Gasteiger partial charge in [-0.05, 0) is 38.6 Å². The second-order valence-electron chi connectivity index (χ2n) is 5.62. The fourth-order valence-electron chi connectivity index (χ4n) is 2.74. The van der Waals surface area contributed by atoms with Gasteiger partial charge in [0.25, 0.3) is 0 Å². The molecule has 2 rings (SSSR count). The van der Waals surface area contributed by atoms with Crippen LogP contribution in [0.1, 0.15) is 58.2 Å².